The molecule has 108 valence electrons. The Morgan fingerprint density at radius 1 is 1.19 bits per heavy atom. The van der Waals surface area contributed by atoms with Gasteiger partial charge in [0, 0.05) is 5.69 Å². The zero-order valence-electron chi connectivity index (χ0n) is 10.9. The molecular weight excluding hydrogens is 301 g/mol. The Balaban J connectivity index is 2.42. The van der Waals surface area contributed by atoms with Crippen molar-refractivity contribution >= 4 is 23.0 Å². The van der Waals surface area contributed by atoms with Crippen LogP contribution in [0.3, 0.4) is 0 Å². The minimum atomic E-state index is -4.55. The highest BCUT2D eigenvalue weighted by molar-refractivity contribution is 6.33. The van der Waals surface area contributed by atoms with E-state index in [2.05, 4.69) is 5.32 Å². The lowest BCUT2D eigenvalue weighted by Gasteiger charge is -2.14. The van der Waals surface area contributed by atoms with Gasteiger partial charge in [-0.25, -0.2) is 0 Å². The number of halogens is 4. The first kappa shape index (κ1) is 15.2. The number of nitrogens with zero attached hydrogens (tertiary/aromatic N) is 1. The summed E-state index contributed by atoms with van der Waals surface area (Å²) in [7, 11) is 0. The largest absolute Gasteiger partial charge is 0.417 e. The van der Waals surface area contributed by atoms with Gasteiger partial charge in [0.25, 0.3) is 0 Å². The molecule has 0 spiro atoms. The predicted molar refractivity (Wildman–Crippen MR) is 75.6 cm³/mol. The molecule has 0 unspecified atom stereocenters. The number of nitrogens with one attached hydrogen (secondary N) is 1. The Hall–Kier alpha value is -2.19. The summed E-state index contributed by atoms with van der Waals surface area (Å²) in [6.45, 7) is 1.82. The number of alkyl halides is 3. The lowest BCUT2D eigenvalue weighted by molar-refractivity contribution is -0.137. The molecule has 0 aliphatic carbocycles. The number of aryl methyl sites for hydroxylation is 1. The minimum absolute atomic E-state index is 0.371. The van der Waals surface area contributed by atoms with Gasteiger partial charge in [0.15, 0.2) is 0 Å². The summed E-state index contributed by atoms with van der Waals surface area (Å²) in [6, 6.07) is 10.1. The fourth-order valence-electron chi connectivity index (χ4n) is 1.90. The predicted octanol–water partition coefficient (Wildman–Crippen LogP) is 5.28. The number of hydrogen-bond donors (Lipinski definition) is 1. The average molecular weight is 311 g/mol. The molecule has 1 N–H and O–H groups in total. The molecule has 0 amide bonds. The van der Waals surface area contributed by atoms with E-state index < -0.39 is 17.3 Å². The molecule has 0 heterocycles. The molecule has 2 rings (SSSR count). The lowest BCUT2D eigenvalue weighted by atomic mass is 10.1. The number of anilines is 2. The zero-order chi connectivity index (χ0) is 15.6. The number of rotatable bonds is 2. The van der Waals surface area contributed by atoms with Gasteiger partial charge in [0.05, 0.1) is 27.9 Å². The average Bonchev–Trinajstić information content (AvgIpc) is 2.41. The fraction of sp³-hybridized carbons (Fsp3) is 0.133. The van der Waals surface area contributed by atoms with E-state index in [1.807, 2.05) is 13.0 Å². The molecule has 0 fully saturated rings. The summed E-state index contributed by atoms with van der Waals surface area (Å²) in [5.41, 5.74) is 0.433. The Kier molecular flexibility index (Phi) is 4.10. The lowest BCUT2D eigenvalue weighted by Crippen LogP contribution is -2.08. The van der Waals surface area contributed by atoms with Crippen LogP contribution < -0.4 is 5.32 Å². The van der Waals surface area contributed by atoms with Crippen molar-refractivity contribution in [3.8, 4) is 6.07 Å². The van der Waals surface area contributed by atoms with Crippen molar-refractivity contribution < 1.29 is 13.2 Å². The second-order valence-corrected chi connectivity index (χ2v) is 4.83. The van der Waals surface area contributed by atoms with Crippen LogP contribution in [0, 0.1) is 18.3 Å². The summed E-state index contributed by atoms with van der Waals surface area (Å²) >= 11 is 6.05. The van der Waals surface area contributed by atoms with Gasteiger partial charge in [-0.2, -0.15) is 18.4 Å². The van der Waals surface area contributed by atoms with E-state index in [9.17, 15) is 13.2 Å². The highest BCUT2D eigenvalue weighted by Gasteiger charge is 2.33. The fourth-order valence-corrected chi connectivity index (χ4v) is 2.17. The van der Waals surface area contributed by atoms with Crippen LogP contribution in [0.5, 0.6) is 0 Å². The van der Waals surface area contributed by atoms with Crippen LogP contribution in [0.4, 0.5) is 24.5 Å². The van der Waals surface area contributed by atoms with E-state index in [0.29, 0.717) is 16.4 Å². The number of para-hydroxylation sites is 1. The minimum Gasteiger partial charge on any atom is -0.354 e. The molecule has 0 aromatic heterocycles. The van der Waals surface area contributed by atoms with Gasteiger partial charge in [-0.05, 0) is 36.8 Å². The van der Waals surface area contributed by atoms with Crippen LogP contribution in [0.1, 0.15) is 16.7 Å². The molecule has 0 bridgehead atoms. The van der Waals surface area contributed by atoms with Gasteiger partial charge in [0.2, 0.25) is 0 Å². The highest BCUT2D eigenvalue weighted by atomic mass is 35.5. The van der Waals surface area contributed by atoms with Crippen molar-refractivity contribution in [2.75, 3.05) is 5.32 Å². The van der Waals surface area contributed by atoms with Gasteiger partial charge in [0.1, 0.15) is 0 Å². The van der Waals surface area contributed by atoms with E-state index >= 15 is 0 Å². The van der Waals surface area contributed by atoms with Crippen LogP contribution >= 0.6 is 11.6 Å². The Bertz CT molecular complexity index is 698. The third-order valence-corrected chi connectivity index (χ3v) is 3.25. The summed E-state index contributed by atoms with van der Waals surface area (Å²) in [5.74, 6) is 0. The van der Waals surface area contributed by atoms with E-state index in [4.69, 9.17) is 16.9 Å². The molecule has 0 saturated heterocycles. The molecule has 21 heavy (non-hydrogen) atoms. The molecule has 0 radical (unpaired) electrons. The number of hydrogen-bond acceptors (Lipinski definition) is 2. The first-order valence-electron chi connectivity index (χ1n) is 5.96. The summed E-state index contributed by atoms with van der Waals surface area (Å²) in [5, 5.41) is 12.3. The first-order chi connectivity index (χ1) is 9.82. The van der Waals surface area contributed by atoms with Gasteiger partial charge >= 0.3 is 6.18 Å². The molecule has 0 saturated carbocycles. The van der Waals surface area contributed by atoms with Crippen LogP contribution in [0.15, 0.2) is 36.4 Å². The maximum Gasteiger partial charge on any atom is 0.417 e. The van der Waals surface area contributed by atoms with Crippen LogP contribution in [-0.2, 0) is 6.18 Å². The molecule has 2 nitrogen and oxygen atoms in total. The zero-order valence-corrected chi connectivity index (χ0v) is 11.7. The molecule has 6 heteroatoms. The van der Waals surface area contributed by atoms with Crippen molar-refractivity contribution in [3.63, 3.8) is 0 Å². The van der Waals surface area contributed by atoms with E-state index in [1.54, 1.807) is 18.2 Å². The van der Waals surface area contributed by atoms with E-state index in [0.717, 1.165) is 17.7 Å². The Morgan fingerprint density at radius 3 is 2.48 bits per heavy atom. The second-order valence-electron chi connectivity index (χ2n) is 4.43. The highest BCUT2D eigenvalue weighted by Crippen LogP contribution is 2.34. The van der Waals surface area contributed by atoms with E-state index in [-0.39, 0.29) is 0 Å². The Morgan fingerprint density at radius 2 is 1.90 bits per heavy atom. The third kappa shape index (κ3) is 3.29. The van der Waals surface area contributed by atoms with E-state index in [1.165, 1.54) is 6.07 Å². The van der Waals surface area contributed by atoms with Crippen LogP contribution in [-0.4, -0.2) is 0 Å². The maximum atomic E-state index is 12.7. The van der Waals surface area contributed by atoms with Crippen molar-refractivity contribution in [2.24, 2.45) is 0 Å². The second kappa shape index (κ2) is 5.66. The number of nitriles is 1. The smallest absolute Gasteiger partial charge is 0.354 e. The third-order valence-electron chi connectivity index (χ3n) is 2.94. The van der Waals surface area contributed by atoms with Crippen molar-refractivity contribution in [3.05, 3.63) is 58.1 Å². The molecule has 0 aliphatic heterocycles. The van der Waals surface area contributed by atoms with Crippen LogP contribution in [0.25, 0.3) is 0 Å². The summed E-state index contributed by atoms with van der Waals surface area (Å²) < 4.78 is 38.2. The van der Waals surface area contributed by atoms with Crippen molar-refractivity contribution in [1.29, 1.82) is 5.26 Å². The summed E-state index contributed by atoms with van der Waals surface area (Å²) in [6.07, 6.45) is -4.55. The normalized spacial score (nSPS) is 11.0. The molecule has 0 atom stereocenters. The van der Waals surface area contributed by atoms with Crippen molar-refractivity contribution in [1.82, 2.24) is 0 Å². The monoisotopic (exact) mass is 310 g/mol. The summed E-state index contributed by atoms with van der Waals surface area (Å²) in [4.78, 5) is 0. The molecule has 2 aromatic rings. The molecule has 0 aliphatic rings. The molecular formula is C15H10ClF3N2. The van der Waals surface area contributed by atoms with Gasteiger partial charge in [-0.1, -0.05) is 23.7 Å². The van der Waals surface area contributed by atoms with Crippen molar-refractivity contribution in [2.45, 2.75) is 13.1 Å². The molecule has 2 aromatic carbocycles. The quantitative estimate of drug-likeness (QED) is 0.819. The topological polar surface area (TPSA) is 35.8 Å². The first-order valence-corrected chi connectivity index (χ1v) is 6.34. The van der Waals surface area contributed by atoms with Gasteiger partial charge in [-0.3, -0.25) is 0 Å². The van der Waals surface area contributed by atoms with Crippen LogP contribution in [0.2, 0.25) is 5.02 Å². The standard InChI is InChI=1S/C15H10ClF3N2/c1-9-3-2-4-13(16)14(9)21-11-5-6-12(15(17,18)19)10(7-11)8-20/h2-7,21H,1H3. The Labute approximate surface area is 124 Å². The maximum absolute atomic E-state index is 12.7. The van der Waals surface area contributed by atoms with Gasteiger partial charge < -0.3 is 5.32 Å². The SMILES string of the molecule is Cc1cccc(Cl)c1Nc1ccc(C(F)(F)F)c(C#N)c1. The number of benzene rings is 2. The van der Waals surface area contributed by atoms with Gasteiger partial charge in [-0.15, -0.1) is 0 Å².